The zero-order chi connectivity index (χ0) is 13.7. The maximum atomic E-state index is 11.9. The van der Waals surface area contributed by atoms with Gasteiger partial charge in [-0.3, -0.25) is 4.79 Å². The van der Waals surface area contributed by atoms with E-state index in [2.05, 4.69) is 34.5 Å². The van der Waals surface area contributed by atoms with E-state index in [1.807, 2.05) is 19.0 Å². The number of nitrogens with zero attached hydrogens (tertiary/aromatic N) is 2. The molecule has 0 saturated carbocycles. The van der Waals surface area contributed by atoms with Gasteiger partial charge >= 0.3 is 0 Å². The monoisotopic (exact) mass is 261 g/mol. The van der Waals surface area contributed by atoms with E-state index in [0.717, 1.165) is 31.6 Å². The lowest BCUT2D eigenvalue weighted by molar-refractivity contribution is -0.129. The number of amides is 1. The fraction of sp³-hybridized carbons (Fsp3) is 0.533. The van der Waals surface area contributed by atoms with Gasteiger partial charge in [-0.1, -0.05) is 0 Å². The molecule has 104 valence electrons. The lowest BCUT2D eigenvalue weighted by atomic mass is 10.2. The number of rotatable bonds is 5. The lowest BCUT2D eigenvalue weighted by Crippen LogP contribution is -2.29. The van der Waals surface area contributed by atoms with Crippen molar-refractivity contribution in [2.45, 2.75) is 19.3 Å². The number of hydrogen-bond donors (Lipinski definition) is 1. The predicted molar refractivity (Wildman–Crippen MR) is 79.7 cm³/mol. The van der Waals surface area contributed by atoms with Crippen molar-refractivity contribution in [1.82, 2.24) is 4.90 Å². The molecule has 0 spiro atoms. The summed E-state index contributed by atoms with van der Waals surface area (Å²) < 4.78 is 0. The molecule has 1 saturated heterocycles. The van der Waals surface area contributed by atoms with Crippen LogP contribution in [-0.4, -0.2) is 44.5 Å². The topological polar surface area (TPSA) is 35.6 Å². The third kappa shape index (κ3) is 3.88. The SMILES string of the molecule is CN(C)c1ccc(NCCC(=O)N2CCCC2)cc1. The highest BCUT2D eigenvalue weighted by molar-refractivity contribution is 5.77. The van der Waals surface area contributed by atoms with Crippen molar-refractivity contribution in [3.05, 3.63) is 24.3 Å². The minimum atomic E-state index is 0.273. The molecule has 1 N–H and O–H groups in total. The minimum absolute atomic E-state index is 0.273. The highest BCUT2D eigenvalue weighted by atomic mass is 16.2. The summed E-state index contributed by atoms with van der Waals surface area (Å²) in [5, 5.41) is 3.30. The number of carbonyl (C=O) groups is 1. The van der Waals surface area contributed by atoms with Gasteiger partial charge in [-0.25, -0.2) is 0 Å². The van der Waals surface area contributed by atoms with Gasteiger partial charge in [0.25, 0.3) is 0 Å². The Morgan fingerprint density at radius 3 is 2.42 bits per heavy atom. The Morgan fingerprint density at radius 1 is 1.21 bits per heavy atom. The van der Waals surface area contributed by atoms with Gasteiger partial charge in [0.1, 0.15) is 0 Å². The van der Waals surface area contributed by atoms with Crippen LogP contribution in [0.4, 0.5) is 11.4 Å². The Balaban J connectivity index is 1.74. The average molecular weight is 261 g/mol. The first-order valence-electron chi connectivity index (χ1n) is 6.96. The zero-order valence-electron chi connectivity index (χ0n) is 11.9. The second-order valence-electron chi connectivity index (χ2n) is 5.21. The molecule has 0 atom stereocenters. The van der Waals surface area contributed by atoms with Gasteiger partial charge in [0.15, 0.2) is 0 Å². The molecule has 1 fully saturated rings. The van der Waals surface area contributed by atoms with Crippen LogP contribution in [0.5, 0.6) is 0 Å². The summed E-state index contributed by atoms with van der Waals surface area (Å²) in [5.74, 6) is 0.273. The van der Waals surface area contributed by atoms with Gasteiger partial charge in [-0.15, -0.1) is 0 Å². The molecule has 4 nitrogen and oxygen atoms in total. The van der Waals surface area contributed by atoms with Crippen LogP contribution >= 0.6 is 0 Å². The van der Waals surface area contributed by atoms with E-state index in [1.165, 1.54) is 5.69 Å². The highest BCUT2D eigenvalue weighted by Crippen LogP contribution is 2.15. The first-order chi connectivity index (χ1) is 9.16. The number of anilines is 2. The second-order valence-corrected chi connectivity index (χ2v) is 5.21. The normalized spacial score (nSPS) is 14.5. The van der Waals surface area contributed by atoms with Crippen molar-refractivity contribution >= 4 is 17.3 Å². The van der Waals surface area contributed by atoms with Crippen LogP contribution in [0.15, 0.2) is 24.3 Å². The Morgan fingerprint density at radius 2 is 1.84 bits per heavy atom. The molecule has 0 bridgehead atoms. The van der Waals surface area contributed by atoms with Crippen LogP contribution in [0.3, 0.4) is 0 Å². The second kappa shape index (κ2) is 6.45. The van der Waals surface area contributed by atoms with Gasteiger partial charge < -0.3 is 15.1 Å². The smallest absolute Gasteiger partial charge is 0.224 e. The quantitative estimate of drug-likeness (QED) is 0.882. The lowest BCUT2D eigenvalue weighted by Gasteiger charge is -2.16. The molecule has 0 aliphatic carbocycles. The van der Waals surface area contributed by atoms with Crippen LogP contribution in [-0.2, 0) is 4.79 Å². The van der Waals surface area contributed by atoms with E-state index in [1.54, 1.807) is 0 Å². The third-order valence-electron chi connectivity index (χ3n) is 3.51. The van der Waals surface area contributed by atoms with E-state index < -0.39 is 0 Å². The van der Waals surface area contributed by atoms with Crippen molar-refractivity contribution in [3.8, 4) is 0 Å². The van der Waals surface area contributed by atoms with E-state index in [-0.39, 0.29) is 5.91 Å². The van der Waals surface area contributed by atoms with Crippen molar-refractivity contribution in [2.24, 2.45) is 0 Å². The van der Waals surface area contributed by atoms with Crippen LogP contribution in [0.2, 0.25) is 0 Å². The summed E-state index contributed by atoms with van der Waals surface area (Å²) in [6.45, 7) is 2.59. The summed E-state index contributed by atoms with van der Waals surface area (Å²) in [6, 6.07) is 8.25. The summed E-state index contributed by atoms with van der Waals surface area (Å²) in [5.41, 5.74) is 2.25. The number of likely N-dealkylation sites (tertiary alicyclic amines) is 1. The Kier molecular flexibility index (Phi) is 4.66. The van der Waals surface area contributed by atoms with Crippen molar-refractivity contribution in [3.63, 3.8) is 0 Å². The summed E-state index contributed by atoms with van der Waals surface area (Å²) in [7, 11) is 4.05. The fourth-order valence-corrected chi connectivity index (χ4v) is 2.32. The average Bonchev–Trinajstić information content (AvgIpc) is 2.93. The molecule has 1 amide bonds. The van der Waals surface area contributed by atoms with Gasteiger partial charge in [-0.05, 0) is 37.1 Å². The van der Waals surface area contributed by atoms with Crippen LogP contribution in [0, 0.1) is 0 Å². The fourth-order valence-electron chi connectivity index (χ4n) is 2.32. The molecular formula is C15H23N3O. The van der Waals surface area contributed by atoms with E-state index in [4.69, 9.17) is 0 Å². The molecule has 1 heterocycles. The standard InChI is InChI=1S/C15H23N3O/c1-17(2)14-7-5-13(6-8-14)16-10-9-15(19)18-11-3-4-12-18/h5-8,16H,3-4,9-12H2,1-2H3. The summed E-state index contributed by atoms with van der Waals surface area (Å²) >= 11 is 0. The van der Waals surface area contributed by atoms with Gasteiger partial charge in [0, 0.05) is 51.5 Å². The molecule has 0 radical (unpaired) electrons. The van der Waals surface area contributed by atoms with Crippen LogP contribution < -0.4 is 10.2 Å². The maximum absolute atomic E-state index is 11.9. The molecule has 19 heavy (non-hydrogen) atoms. The third-order valence-corrected chi connectivity index (χ3v) is 3.51. The largest absolute Gasteiger partial charge is 0.385 e. The Bertz CT molecular complexity index is 408. The number of carbonyl (C=O) groups excluding carboxylic acids is 1. The molecule has 1 aliphatic heterocycles. The minimum Gasteiger partial charge on any atom is -0.385 e. The van der Waals surface area contributed by atoms with Crippen molar-refractivity contribution in [1.29, 1.82) is 0 Å². The van der Waals surface area contributed by atoms with Crippen molar-refractivity contribution < 1.29 is 4.79 Å². The first kappa shape index (κ1) is 13.7. The van der Waals surface area contributed by atoms with Gasteiger partial charge in [0.05, 0.1) is 0 Å². The maximum Gasteiger partial charge on any atom is 0.224 e. The first-order valence-corrected chi connectivity index (χ1v) is 6.96. The highest BCUT2D eigenvalue weighted by Gasteiger charge is 2.16. The summed E-state index contributed by atoms with van der Waals surface area (Å²) in [6.07, 6.45) is 2.89. The molecule has 0 unspecified atom stereocenters. The van der Waals surface area contributed by atoms with E-state index in [0.29, 0.717) is 13.0 Å². The Labute approximate surface area is 115 Å². The zero-order valence-corrected chi connectivity index (χ0v) is 11.9. The van der Waals surface area contributed by atoms with E-state index >= 15 is 0 Å². The molecule has 1 aliphatic rings. The summed E-state index contributed by atoms with van der Waals surface area (Å²) in [4.78, 5) is 15.9. The molecule has 1 aromatic carbocycles. The predicted octanol–water partition coefficient (Wildman–Crippen LogP) is 2.18. The van der Waals surface area contributed by atoms with Crippen molar-refractivity contribution in [2.75, 3.05) is 43.9 Å². The Hall–Kier alpha value is -1.71. The molecule has 2 rings (SSSR count). The molecular weight excluding hydrogens is 238 g/mol. The van der Waals surface area contributed by atoms with Crippen LogP contribution in [0.1, 0.15) is 19.3 Å². The molecule has 0 aromatic heterocycles. The van der Waals surface area contributed by atoms with Gasteiger partial charge in [-0.2, -0.15) is 0 Å². The molecule has 1 aromatic rings. The number of nitrogens with one attached hydrogen (secondary N) is 1. The number of benzene rings is 1. The van der Waals surface area contributed by atoms with E-state index in [9.17, 15) is 4.79 Å². The number of hydrogen-bond acceptors (Lipinski definition) is 3. The van der Waals surface area contributed by atoms with Gasteiger partial charge in [0.2, 0.25) is 5.91 Å². The van der Waals surface area contributed by atoms with Crippen LogP contribution in [0.25, 0.3) is 0 Å². The molecule has 4 heteroatoms.